The average molecular weight is 399 g/mol. The lowest BCUT2D eigenvalue weighted by molar-refractivity contribution is 0.548. The molecule has 1 aliphatic heterocycles. The van der Waals surface area contributed by atoms with Crippen molar-refractivity contribution in [2.24, 2.45) is 0 Å². The van der Waals surface area contributed by atoms with E-state index < -0.39 is 0 Å². The molecule has 30 heavy (non-hydrogen) atoms. The Morgan fingerprint density at radius 3 is 2.37 bits per heavy atom. The molecule has 0 saturated carbocycles. The van der Waals surface area contributed by atoms with E-state index in [4.69, 9.17) is 0 Å². The molecule has 5 rings (SSSR count). The van der Waals surface area contributed by atoms with Crippen molar-refractivity contribution in [3.8, 4) is 5.69 Å². The van der Waals surface area contributed by atoms with Crippen LogP contribution in [0.2, 0.25) is 0 Å². The highest BCUT2D eigenvalue weighted by atomic mass is 15.3. The molecule has 152 valence electrons. The van der Waals surface area contributed by atoms with E-state index >= 15 is 0 Å². The standard InChI is InChI=1S/C24H26N6/c1-17-6-4-8-20(12-17)29-11-10-28(15-19(29)3)23-22-14-27-30(24(22)26-16-25-23)21-9-5-7-18(2)13-21/h4-9,12-14,16,19H,10-11,15H2,1-3H3. The number of piperazine rings is 1. The molecule has 6 nitrogen and oxygen atoms in total. The predicted molar refractivity (Wildman–Crippen MR) is 122 cm³/mol. The molecule has 1 atom stereocenters. The number of nitrogens with zero attached hydrogens (tertiary/aromatic N) is 6. The van der Waals surface area contributed by atoms with Crippen molar-refractivity contribution in [3.05, 3.63) is 72.2 Å². The van der Waals surface area contributed by atoms with Gasteiger partial charge < -0.3 is 9.80 Å². The highest BCUT2D eigenvalue weighted by molar-refractivity contribution is 5.87. The summed E-state index contributed by atoms with van der Waals surface area (Å²) in [4.78, 5) is 14.0. The molecular formula is C24H26N6. The maximum absolute atomic E-state index is 4.64. The van der Waals surface area contributed by atoms with Gasteiger partial charge in [0.1, 0.15) is 12.1 Å². The van der Waals surface area contributed by atoms with Crippen LogP contribution in [0.3, 0.4) is 0 Å². The lowest BCUT2D eigenvalue weighted by Gasteiger charge is -2.42. The van der Waals surface area contributed by atoms with E-state index in [9.17, 15) is 0 Å². The van der Waals surface area contributed by atoms with Crippen LogP contribution in [-0.4, -0.2) is 45.4 Å². The van der Waals surface area contributed by atoms with Crippen LogP contribution in [0.5, 0.6) is 0 Å². The van der Waals surface area contributed by atoms with Crippen LogP contribution in [0.25, 0.3) is 16.7 Å². The molecule has 0 bridgehead atoms. The third-order valence-corrected chi connectivity index (χ3v) is 5.85. The van der Waals surface area contributed by atoms with Gasteiger partial charge in [-0.25, -0.2) is 14.6 Å². The molecule has 1 saturated heterocycles. The number of hydrogen-bond donors (Lipinski definition) is 0. The third kappa shape index (κ3) is 3.28. The van der Waals surface area contributed by atoms with Crippen LogP contribution >= 0.6 is 0 Å². The summed E-state index contributed by atoms with van der Waals surface area (Å²) in [5, 5.41) is 5.63. The van der Waals surface area contributed by atoms with E-state index in [1.54, 1.807) is 6.33 Å². The second-order valence-electron chi connectivity index (χ2n) is 8.16. The van der Waals surface area contributed by atoms with Crippen molar-refractivity contribution < 1.29 is 0 Å². The Labute approximate surface area is 176 Å². The molecule has 0 spiro atoms. The van der Waals surface area contributed by atoms with Crippen LogP contribution in [0.1, 0.15) is 18.1 Å². The van der Waals surface area contributed by atoms with Crippen molar-refractivity contribution >= 4 is 22.5 Å². The van der Waals surface area contributed by atoms with Gasteiger partial charge in [-0.1, -0.05) is 24.3 Å². The number of rotatable bonds is 3. The monoisotopic (exact) mass is 398 g/mol. The Kier molecular flexibility index (Phi) is 4.62. The zero-order valence-corrected chi connectivity index (χ0v) is 17.7. The molecule has 4 aromatic rings. The summed E-state index contributed by atoms with van der Waals surface area (Å²) >= 11 is 0. The lowest BCUT2D eigenvalue weighted by Crippen LogP contribution is -2.52. The SMILES string of the molecule is Cc1cccc(N2CCN(c3ncnc4c3cnn4-c3cccc(C)c3)CC2C)c1. The van der Waals surface area contributed by atoms with Gasteiger partial charge in [0.25, 0.3) is 0 Å². The third-order valence-electron chi connectivity index (χ3n) is 5.85. The number of aromatic nitrogens is 4. The predicted octanol–water partition coefficient (Wildman–Crippen LogP) is 4.15. The van der Waals surface area contributed by atoms with Gasteiger partial charge in [-0.15, -0.1) is 0 Å². The van der Waals surface area contributed by atoms with E-state index in [0.29, 0.717) is 6.04 Å². The number of hydrogen-bond acceptors (Lipinski definition) is 5. The normalized spacial score (nSPS) is 17.0. The number of aryl methyl sites for hydroxylation is 2. The molecule has 3 heterocycles. The van der Waals surface area contributed by atoms with Crippen molar-refractivity contribution in [2.45, 2.75) is 26.8 Å². The fourth-order valence-corrected chi connectivity index (χ4v) is 4.37. The number of benzene rings is 2. The zero-order valence-electron chi connectivity index (χ0n) is 17.7. The summed E-state index contributed by atoms with van der Waals surface area (Å²) in [5.41, 5.74) is 5.66. The molecule has 2 aromatic heterocycles. The van der Waals surface area contributed by atoms with Crippen molar-refractivity contribution in [3.63, 3.8) is 0 Å². The maximum Gasteiger partial charge on any atom is 0.168 e. The van der Waals surface area contributed by atoms with E-state index in [1.165, 1.54) is 16.8 Å². The second-order valence-corrected chi connectivity index (χ2v) is 8.16. The first kappa shape index (κ1) is 18.6. The van der Waals surface area contributed by atoms with E-state index in [0.717, 1.165) is 42.2 Å². The molecule has 1 unspecified atom stereocenters. The quantitative estimate of drug-likeness (QED) is 0.519. The van der Waals surface area contributed by atoms with E-state index in [-0.39, 0.29) is 0 Å². The van der Waals surface area contributed by atoms with E-state index in [2.05, 4.69) is 88.1 Å². The highest BCUT2D eigenvalue weighted by Gasteiger charge is 2.26. The van der Waals surface area contributed by atoms with Gasteiger partial charge in [0.2, 0.25) is 0 Å². The van der Waals surface area contributed by atoms with Gasteiger partial charge in [-0.2, -0.15) is 5.10 Å². The Hall–Kier alpha value is -3.41. The molecule has 1 aliphatic rings. The number of fused-ring (bicyclic) bond motifs is 1. The van der Waals surface area contributed by atoms with Crippen LogP contribution in [0.4, 0.5) is 11.5 Å². The molecule has 6 heteroatoms. The minimum absolute atomic E-state index is 0.386. The summed E-state index contributed by atoms with van der Waals surface area (Å²) in [6, 6.07) is 17.5. The maximum atomic E-state index is 4.64. The first-order chi connectivity index (χ1) is 14.6. The topological polar surface area (TPSA) is 50.1 Å². The van der Waals surface area contributed by atoms with Crippen LogP contribution in [-0.2, 0) is 0 Å². The van der Waals surface area contributed by atoms with Gasteiger partial charge in [0, 0.05) is 31.4 Å². The summed E-state index contributed by atoms with van der Waals surface area (Å²) in [7, 11) is 0. The highest BCUT2D eigenvalue weighted by Crippen LogP contribution is 2.28. The van der Waals surface area contributed by atoms with Gasteiger partial charge in [0.05, 0.1) is 17.3 Å². The zero-order chi connectivity index (χ0) is 20.7. The first-order valence-electron chi connectivity index (χ1n) is 10.4. The van der Waals surface area contributed by atoms with Crippen LogP contribution in [0.15, 0.2) is 61.1 Å². The summed E-state index contributed by atoms with van der Waals surface area (Å²) in [6.45, 7) is 9.31. The fraction of sp³-hybridized carbons (Fsp3) is 0.292. The summed E-state index contributed by atoms with van der Waals surface area (Å²) in [6.07, 6.45) is 3.55. The number of anilines is 2. The van der Waals surface area contributed by atoms with Gasteiger partial charge >= 0.3 is 0 Å². The molecular weight excluding hydrogens is 372 g/mol. The summed E-state index contributed by atoms with van der Waals surface area (Å²) in [5.74, 6) is 0.967. The molecule has 0 radical (unpaired) electrons. The Morgan fingerprint density at radius 2 is 1.63 bits per heavy atom. The van der Waals surface area contributed by atoms with E-state index in [1.807, 2.05) is 16.9 Å². The van der Waals surface area contributed by atoms with Crippen molar-refractivity contribution in [1.82, 2.24) is 19.7 Å². The molecule has 0 aliphatic carbocycles. The molecule has 0 N–H and O–H groups in total. The molecule has 2 aromatic carbocycles. The minimum Gasteiger partial charge on any atom is -0.365 e. The lowest BCUT2D eigenvalue weighted by atomic mass is 10.1. The minimum atomic E-state index is 0.386. The fourth-order valence-electron chi connectivity index (χ4n) is 4.37. The smallest absolute Gasteiger partial charge is 0.168 e. The van der Waals surface area contributed by atoms with Crippen molar-refractivity contribution in [1.29, 1.82) is 0 Å². The average Bonchev–Trinajstić information content (AvgIpc) is 3.18. The van der Waals surface area contributed by atoms with Crippen molar-refractivity contribution in [2.75, 3.05) is 29.4 Å². The Bertz CT molecular complexity index is 1200. The molecule has 0 amide bonds. The molecule has 1 fully saturated rings. The summed E-state index contributed by atoms with van der Waals surface area (Å²) < 4.78 is 1.90. The van der Waals surface area contributed by atoms with Gasteiger partial charge in [-0.3, -0.25) is 0 Å². The second kappa shape index (κ2) is 7.44. The first-order valence-corrected chi connectivity index (χ1v) is 10.4. The van der Waals surface area contributed by atoms with Crippen LogP contribution in [0, 0.1) is 13.8 Å². The van der Waals surface area contributed by atoms with Gasteiger partial charge in [-0.05, 0) is 56.2 Å². The van der Waals surface area contributed by atoms with Gasteiger partial charge in [0.15, 0.2) is 5.65 Å². The largest absolute Gasteiger partial charge is 0.365 e. The Balaban J connectivity index is 1.45. The van der Waals surface area contributed by atoms with Crippen LogP contribution < -0.4 is 9.80 Å². The Morgan fingerprint density at radius 1 is 0.900 bits per heavy atom.